The van der Waals surface area contributed by atoms with Crippen LogP contribution in [0.3, 0.4) is 0 Å². The van der Waals surface area contributed by atoms with Crippen molar-refractivity contribution < 1.29 is 0 Å². The van der Waals surface area contributed by atoms with Gasteiger partial charge in [0.05, 0.1) is 0 Å². The number of halogens is 1. The maximum absolute atomic E-state index is 5.98. The highest BCUT2D eigenvalue weighted by atomic mass is 127. The van der Waals surface area contributed by atoms with E-state index in [-0.39, 0.29) is 24.0 Å². The minimum atomic E-state index is 0. The van der Waals surface area contributed by atoms with E-state index in [9.17, 15) is 0 Å². The standard InChI is InChI=1S/C16H29N5.HI/c1-14-18-11-13-21(14)12-7-6-10-19-16(17)20-15-8-4-2-3-5-9-15;/h11,13,15H,2-10,12H2,1H3,(H3,17,19,20);1H. The van der Waals surface area contributed by atoms with E-state index >= 15 is 0 Å². The maximum atomic E-state index is 5.98. The van der Waals surface area contributed by atoms with Crippen LogP contribution in [0.1, 0.15) is 57.2 Å². The van der Waals surface area contributed by atoms with Gasteiger partial charge in [0.15, 0.2) is 5.96 Å². The minimum absolute atomic E-state index is 0. The summed E-state index contributed by atoms with van der Waals surface area (Å²) in [6.45, 7) is 3.85. The third-order valence-corrected chi connectivity index (χ3v) is 4.22. The molecule has 3 N–H and O–H groups in total. The number of hydrogen-bond acceptors (Lipinski definition) is 2. The Balaban J connectivity index is 0.00000242. The molecule has 1 aromatic heterocycles. The van der Waals surface area contributed by atoms with Crippen LogP contribution in [0.5, 0.6) is 0 Å². The second kappa shape index (κ2) is 10.9. The van der Waals surface area contributed by atoms with E-state index in [0.717, 1.165) is 31.8 Å². The van der Waals surface area contributed by atoms with Gasteiger partial charge in [0.25, 0.3) is 0 Å². The number of hydrogen-bond donors (Lipinski definition) is 2. The van der Waals surface area contributed by atoms with Crippen LogP contribution in [0.4, 0.5) is 0 Å². The molecule has 1 aliphatic rings. The predicted molar refractivity (Wildman–Crippen MR) is 103 cm³/mol. The summed E-state index contributed by atoms with van der Waals surface area (Å²) in [6, 6.07) is 0.532. The van der Waals surface area contributed by atoms with Gasteiger partial charge in [0, 0.05) is 31.5 Å². The Kier molecular flexibility index (Phi) is 9.50. The SMILES string of the molecule is Cc1nccn1CCCCN=C(N)NC1CCCCCC1.I. The van der Waals surface area contributed by atoms with Crippen molar-refractivity contribution in [3.63, 3.8) is 0 Å². The van der Waals surface area contributed by atoms with E-state index in [1.807, 2.05) is 19.3 Å². The quantitative estimate of drug-likeness (QED) is 0.245. The van der Waals surface area contributed by atoms with Crippen LogP contribution in [-0.4, -0.2) is 28.1 Å². The number of aromatic nitrogens is 2. The fraction of sp³-hybridized carbons (Fsp3) is 0.750. The molecule has 0 amide bonds. The average molecular weight is 419 g/mol. The molecule has 0 bridgehead atoms. The van der Waals surface area contributed by atoms with Gasteiger partial charge in [-0.3, -0.25) is 4.99 Å². The Morgan fingerprint density at radius 2 is 2.05 bits per heavy atom. The summed E-state index contributed by atoms with van der Waals surface area (Å²) < 4.78 is 2.18. The number of guanidine groups is 1. The molecule has 1 aromatic rings. The minimum Gasteiger partial charge on any atom is -0.370 e. The van der Waals surface area contributed by atoms with Gasteiger partial charge in [-0.25, -0.2) is 4.98 Å². The zero-order chi connectivity index (χ0) is 14.9. The molecule has 1 aliphatic carbocycles. The Labute approximate surface area is 151 Å². The Morgan fingerprint density at radius 3 is 2.68 bits per heavy atom. The van der Waals surface area contributed by atoms with Gasteiger partial charge in [-0.1, -0.05) is 25.7 Å². The molecule has 0 saturated heterocycles. The van der Waals surface area contributed by atoms with Crippen LogP contribution < -0.4 is 11.1 Å². The second-order valence-corrected chi connectivity index (χ2v) is 5.97. The van der Waals surface area contributed by atoms with Gasteiger partial charge in [-0.2, -0.15) is 0 Å². The summed E-state index contributed by atoms with van der Waals surface area (Å²) in [7, 11) is 0. The number of nitrogens with two attached hydrogens (primary N) is 1. The maximum Gasteiger partial charge on any atom is 0.188 e. The highest BCUT2D eigenvalue weighted by Crippen LogP contribution is 2.16. The lowest BCUT2D eigenvalue weighted by Gasteiger charge is -2.16. The first-order valence-electron chi connectivity index (χ1n) is 8.30. The van der Waals surface area contributed by atoms with Crippen molar-refractivity contribution in [2.45, 2.75) is 70.9 Å². The first-order valence-corrected chi connectivity index (χ1v) is 8.30. The third-order valence-electron chi connectivity index (χ3n) is 4.22. The summed E-state index contributed by atoms with van der Waals surface area (Å²) >= 11 is 0. The number of rotatable bonds is 6. The Morgan fingerprint density at radius 1 is 1.32 bits per heavy atom. The highest BCUT2D eigenvalue weighted by Gasteiger charge is 2.11. The smallest absolute Gasteiger partial charge is 0.188 e. The second-order valence-electron chi connectivity index (χ2n) is 5.97. The number of nitrogens with zero attached hydrogens (tertiary/aromatic N) is 3. The van der Waals surface area contributed by atoms with E-state index in [1.54, 1.807) is 0 Å². The zero-order valence-electron chi connectivity index (χ0n) is 13.6. The number of nitrogens with one attached hydrogen (secondary N) is 1. The number of aliphatic imine (C=N–C) groups is 1. The molecular formula is C16H30IN5. The summed E-state index contributed by atoms with van der Waals surface area (Å²) in [5.41, 5.74) is 5.98. The molecule has 22 heavy (non-hydrogen) atoms. The summed E-state index contributed by atoms with van der Waals surface area (Å²) in [5, 5.41) is 3.38. The molecule has 0 aromatic carbocycles. The van der Waals surface area contributed by atoms with E-state index in [0.29, 0.717) is 12.0 Å². The topological polar surface area (TPSA) is 68.2 Å². The third kappa shape index (κ3) is 6.98. The molecule has 0 spiro atoms. The first kappa shape index (κ1) is 19.3. The van der Waals surface area contributed by atoms with Crippen molar-refractivity contribution >= 4 is 29.9 Å². The van der Waals surface area contributed by atoms with Gasteiger partial charge in [-0.05, 0) is 32.6 Å². The van der Waals surface area contributed by atoms with Gasteiger partial charge in [0.2, 0.25) is 0 Å². The van der Waals surface area contributed by atoms with E-state index in [4.69, 9.17) is 5.73 Å². The fourth-order valence-corrected chi connectivity index (χ4v) is 2.91. The lowest BCUT2D eigenvalue weighted by Crippen LogP contribution is -2.39. The number of imidazole rings is 1. The summed E-state index contributed by atoms with van der Waals surface area (Å²) in [6.07, 6.45) is 13.9. The van der Waals surface area contributed by atoms with E-state index in [1.165, 1.54) is 38.5 Å². The molecule has 1 heterocycles. The normalized spacial score (nSPS) is 16.9. The average Bonchev–Trinajstić information content (AvgIpc) is 2.72. The van der Waals surface area contributed by atoms with Crippen molar-refractivity contribution in [3.05, 3.63) is 18.2 Å². The van der Waals surface area contributed by atoms with Gasteiger partial charge in [0.1, 0.15) is 5.82 Å². The molecular weight excluding hydrogens is 389 g/mol. The first-order chi connectivity index (χ1) is 10.3. The van der Waals surface area contributed by atoms with Crippen LogP contribution in [0.15, 0.2) is 17.4 Å². The van der Waals surface area contributed by atoms with Crippen molar-refractivity contribution in [1.82, 2.24) is 14.9 Å². The van der Waals surface area contributed by atoms with Crippen LogP contribution in [0, 0.1) is 6.92 Å². The molecule has 1 fully saturated rings. The number of unbranched alkanes of at least 4 members (excludes halogenated alkanes) is 1. The number of aryl methyl sites for hydroxylation is 2. The Hall–Kier alpha value is -0.790. The molecule has 6 heteroatoms. The van der Waals surface area contributed by atoms with Crippen molar-refractivity contribution in [1.29, 1.82) is 0 Å². The molecule has 0 radical (unpaired) electrons. The van der Waals surface area contributed by atoms with Crippen molar-refractivity contribution in [3.8, 4) is 0 Å². The molecule has 5 nitrogen and oxygen atoms in total. The molecule has 2 rings (SSSR count). The molecule has 1 saturated carbocycles. The largest absolute Gasteiger partial charge is 0.370 e. The molecule has 0 atom stereocenters. The van der Waals surface area contributed by atoms with Gasteiger partial charge >= 0.3 is 0 Å². The van der Waals surface area contributed by atoms with E-state index < -0.39 is 0 Å². The highest BCUT2D eigenvalue weighted by molar-refractivity contribution is 14.0. The van der Waals surface area contributed by atoms with Crippen molar-refractivity contribution in [2.24, 2.45) is 10.7 Å². The van der Waals surface area contributed by atoms with Gasteiger partial charge in [-0.15, -0.1) is 24.0 Å². The van der Waals surface area contributed by atoms with Crippen LogP contribution in [0.25, 0.3) is 0 Å². The zero-order valence-corrected chi connectivity index (χ0v) is 16.0. The lowest BCUT2D eigenvalue weighted by atomic mass is 10.1. The molecule has 126 valence electrons. The molecule has 0 unspecified atom stereocenters. The van der Waals surface area contributed by atoms with Crippen LogP contribution >= 0.6 is 24.0 Å². The predicted octanol–water partition coefficient (Wildman–Crippen LogP) is 3.22. The monoisotopic (exact) mass is 419 g/mol. The fourth-order valence-electron chi connectivity index (χ4n) is 2.91. The van der Waals surface area contributed by atoms with E-state index in [2.05, 4.69) is 19.9 Å². The van der Waals surface area contributed by atoms with Crippen molar-refractivity contribution in [2.75, 3.05) is 6.54 Å². The molecule has 0 aliphatic heterocycles. The van der Waals surface area contributed by atoms with Crippen LogP contribution in [0.2, 0.25) is 0 Å². The lowest BCUT2D eigenvalue weighted by molar-refractivity contribution is 0.529. The summed E-state index contributed by atoms with van der Waals surface area (Å²) in [4.78, 5) is 8.67. The summed E-state index contributed by atoms with van der Waals surface area (Å²) in [5.74, 6) is 1.70. The van der Waals surface area contributed by atoms with Crippen LogP contribution in [-0.2, 0) is 6.54 Å². The van der Waals surface area contributed by atoms with Gasteiger partial charge < -0.3 is 15.6 Å². The Bertz CT molecular complexity index is 435.